The molecule has 2 saturated heterocycles. The molecule has 0 amide bonds. The maximum atomic E-state index is 13.0. The van der Waals surface area contributed by atoms with Crippen LogP contribution in [0.3, 0.4) is 0 Å². The summed E-state index contributed by atoms with van der Waals surface area (Å²) in [5.41, 5.74) is 0.683. The number of rotatable bonds is 5. The minimum atomic E-state index is -3.76. The second-order valence-corrected chi connectivity index (χ2v) is 10.1. The van der Waals surface area contributed by atoms with Crippen molar-refractivity contribution in [3.05, 3.63) is 52.2 Å². The molecule has 2 aromatic rings. The van der Waals surface area contributed by atoms with Crippen molar-refractivity contribution in [2.24, 2.45) is 0 Å². The Balaban J connectivity index is 1.59. The molecule has 2 aliphatic rings. The monoisotopic (exact) mass is 470 g/mol. The van der Waals surface area contributed by atoms with E-state index in [0.29, 0.717) is 62.8 Å². The molecule has 0 N–H and O–H groups in total. The van der Waals surface area contributed by atoms with Gasteiger partial charge in [0.1, 0.15) is 17.6 Å². The van der Waals surface area contributed by atoms with Gasteiger partial charge in [0.05, 0.1) is 15.4 Å². The topological polar surface area (TPSA) is 124 Å². The zero-order valence-corrected chi connectivity index (χ0v) is 19.1. The lowest BCUT2D eigenvalue weighted by Gasteiger charge is -2.27. The van der Waals surface area contributed by atoms with Crippen molar-refractivity contribution in [3.63, 3.8) is 0 Å². The van der Waals surface area contributed by atoms with Crippen molar-refractivity contribution in [2.75, 3.05) is 49.1 Å². The Morgan fingerprint density at radius 2 is 1.70 bits per heavy atom. The molecule has 0 bridgehead atoms. The van der Waals surface area contributed by atoms with E-state index in [-0.39, 0.29) is 10.6 Å². The van der Waals surface area contributed by atoms with Crippen LogP contribution < -0.4 is 9.80 Å². The van der Waals surface area contributed by atoms with Crippen LogP contribution in [0.25, 0.3) is 0 Å². The first-order valence-electron chi connectivity index (χ1n) is 11.1. The van der Waals surface area contributed by atoms with E-state index in [1.165, 1.54) is 16.4 Å². The fourth-order valence-electron chi connectivity index (χ4n) is 4.44. The van der Waals surface area contributed by atoms with Crippen LogP contribution in [0.4, 0.5) is 17.2 Å². The number of benzene rings is 1. The highest BCUT2D eigenvalue weighted by Gasteiger charge is 2.30. The van der Waals surface area contributed by atoms with Crippen LogP contribution in [-0.2, 0) is 10.0 Å². The molecule has 1 aromatic heterocycles. The standard InChI is InChI=1S/C22H26N6O4S/c23-17-18-6-4-9-24-22(18)26-11-5-10-25(14-15-26)20-8-7-19(16-21(20)28(29)30)33(31,32)27-12-2-1-3-13-27/h4,6-9,16H,1-3,5,10-15H2. The Morgan fingerprint density at radius 3 is 2.42 bits per heavy atom. The van der Waals surface area contributed by atoms with Crippen molar-refractivity contribution >= 4 is 27.2 Å². The normalized spacial score (nSPS) is 17.9. The van der Waals surface area contributed by atoms with Crippen LogP contribution in [0.5, 0.6) is 0 Å². The third-order valence-electron chi connectivity index (χ3n) is 6.14. The first kappa shape index (κ1) is 22.9. The molecular formula is C22H26N6O4S. The van der Waals surface area contributed by atoms with Crippen LogP contribution >= 0.6 is 0 Å². The van der Waals surface area contributed by atoms with Gasteiger partial charge >= 0.3 is 0 Å². The van der Waals surface area contributed by atoms with Crippen molar-refractivity contribution in [1.82, 2.24) is 9.29 Å². The fourth-order valence-corrected chi connectivity index (χ4v) is 5.98. The predicted octanol–water partition coefficient (Wildman–Crippen LogP) is 2.75. The first-order valence-corrected chi connectivity index (χ1v) is 12.5. The second kappa shape index (κ2) is 9.72. The number of aromatic nitrogens is 1. The minimum absolute atomic E-state index is 0.0385. The third kappa shape index (κ3) is 4.77. The molecule has 0 spiro atoms. The molecule has 4 rings (SSSR count). The number of hydrogen-bond acceptors (Lipinski definition) is 8. The minimum Gasteiger partial charge on any atom is -0.364 e. The van der Waals surface area contributed by atoms with Gasteiger partial charge in [-0.3, -0.25) is 10.1 Å². The van der Waals surface area contributed by atoms with E-state index in [0.717, 1.165) is 19.3 Å². The van der Waals surface area contributed by atoms with Gasteiger partial charge in [0.15, 0.2) is 0 Å². The molecule has 10 nitrogen and oxygen atoms in total. The smallest absolute Gasteiger partial charge is 0.293 e. The number of nitriles is 1. The molecule has 2 aliphatic heterocycles. The van der Waals surface area contributed by atoms with Gasteiger partial charge in [0, 0.05) is 51.5 Å². The summed E-state index contributed by atoms with van der Waals surface area (Å²) in [6, 6.07) is 9.81. The molecule has 33 heavy (non-hydrogen) atoms. The Morgan fingerprint density at radius 1 is 0.970 bits per heavy atom. The number of sulfonamides is 1. The molecule has 0 unspecified atom stereocenters. The predicted molar refractivity (Wildman–Crippen MR) is 124 cm³/mol. The molecular weight excluding hydrogens is 444 g/mol. The summed E-state index contributed by atoms with van der Waals surface area (Å²) in [5.74, 6) is 0.610. The first-order chi connectivity index (χ1) is 15.9. The van der Waals surface area contributed by atoms with Crippen LogP contribution in [0.2, 0.25) is 0 Å². The molecule has 0 atom stereocenters. The Labute approximate surface area is 193 Å². The average molecular weight is 471 g/mol. The van der Waals surface area contributed by atoms with Gasteiger partial charge in [-0.05, 0) is 43.5 Å². The van der Waals surface area contributed by atoms with Crippen molar-refractivity contribution in [2.45, 2.75) is 30.6 Å². The zero-order valence-electron chi connectivity index (χ0n) is 18.3. The summed E-state index contributed by atoms with van der Waals surface area (Å²) in [4.78, 5) is 19.6. The average Bonchev–Trinajstić information content (AvgIpc) is 3.10. The van der Waals surface area contributed by atoms with Gasteiger partial charge in [-0.2, -0.15) is 9.57 Å². The highest BCUT2D eigenvalue weighted by atomic mass is 32.2. The van der Waals surface area contributed by atoms with E-state index in [2.05, 4.69) is 11.1 Å². The SMILES string of the molecule is N#Cc1cccnc1N1CCCN(c2ccc(S(=O)(=O)N3CCCCC3)cc2[N+](=O)[O-])CC1. The lowest BCUT2D eigenvalue weighted by molar-refractivity contribution is -0.384. The lowest BCUT2D eigenvalue weighted by Crippen LogP contribution is -2.35. The van der Waals surface area contributed by atoms with Crippen LogP contribution in [0.1, 0.15) is 31.2 Å². The summed E-state index contributed by atoms with van der Waals surface area (Å²) in [5, 5.41) is 21.3. The second-order valence-electron chi connectivity index (χ2n) is 8.19. The van der Waals surface area contributed by atoms with E-state index in [9.17, 15) is 23.8 Å². The molecule has 0 aliphatic carbocycles. The van der Waals surface area contributed by atoms with Crippen LogP contribution in [0.15, 0.2) is 41.4 Å². The van der Waals surface area contributed by atoms with Crippen molar-refractivity contribution in [1.29, 1.82) is 5.26 Å². The number of pyridine rings is 1. The molecule has 3 heterocycles. The van der Waals surface area contributed by atoms with E-state index >= 15 is 0 Å². The zero-order chi connectivity index (χ0) is 23.4. The number of nitrogens with zero attached hydrogens (tertiary/aromatic N) is 6. The summed E-state index contributed by atoms with van der Waals surface area (Å²) in [7, 11) is -3.76. The summed E-state index contributed by atoms with van der Waals surface area (Å²) >= 11 is 0. The quantitative estimate of drug-likeness (QED) is 0.483. The van der Waals surface area contributed by atoms with Crippen LogP contribution in [0, 0.1) is 21.4 Å². The largest absolute Gasteiger partial charge is 0.364 e. The number of nitro benzene ring substituents is 1. The maximum Gasteiger partial charge on any atom is 0.293 e. The van der Waals surface area contributed by atoms with Gasteiger partial charge in [-0.25, -0.2) is 13.4 Å². The fraction of sp³-hybridized carbons (Fsp3) is 0.455. The lowest BCUT2D eigenvalue weighted by atomic mass is 10.2. The molecule has 1 aromatic carbocycles. The van der Waals surface area contributed by atoms with E-state index in [1.54, 1.807) is 24.4 Å². The van der Waals surface area contributed by atoms with Crippen LogP contribution in [-0.4, -0.2) is 61.9 Å². The van der Waals surface area contributed by atoms with Gasteiger partial charge in [0.2, 0.25) is 10.0 Å². The Hall–Kier alpha value is -3.23. The highest BCUT2D eigenvalue weighted by Crippen LogP contribution is 2.33. The third-order valence-corrected chi connectivity index (χ3v) is 8.03. The molecule has 174 valence electrons. The van der Waals surface area contributed by atoms with E-state index in [1.807, 2.05) is 9.80 Å². The van der Waals surface area contributed by atoms with E-state index < -0.39 is 14.9 Å². The Kier molecular flexibility index (Phi) is 6.76. The number of nitro groups is 1. The van der Waals surface area contributed by atoms with Gasteiger partial charge in [-0.15, -0.1) is 0 Å². The summed E-state index contributed by atoms with van der Waals surface area (Å²) < 4.78 is 27.4. The number of piperidine rings is 1. The maximum absolute atomic E-state index is 13.0. The number of anilines is 2. The number of hydrogen-bond donors (Lipinski definition) is 0. The molecule has 0 saturated carbocycles. The summed E-state index contributed by atoms with van der Waals surface area (Å²) in [6.07, 6.45) is 4.95. The summed E-state index contributed by atoms with van der Waals surface area (Å²) in [6.45, 7) is 3.15. The molecule has 0 radical (unpaired) electrons. The van der Waals surface area contributed by atoms with Gasteiger partial charge in [-0.1, -0.05) is 6.42 Å². The van der Waals surface area contributed by atoms with Gasteiger partial charge < -0.3 is 9.80 Å². The molecule has 2 fully saturated rings. The van der Waals surface area contributed by atoms with Crippen molar-refractivity contribution in [3.8, 4) is 6.07 Å². The highest BCUT2D eigenvalue weighted by molar-refractivity contribution is 7.89. The van der Waals surface area contributed by atoms with Gasteiger partial charge in [0.25, 0.3) is 5.69 Å². The Bertz CT molecular complexity index is 1170. The molecule has 11 heteroatoms. The van der Waals surface area contributed by atoms with E-state index in [4.69, 9.17) is 0 Å². The van der Waals surface area contributed by atoms with Crippen molar-refractivity contribution < 1.29 is 13.3 Å².